The smallest absolute Gasteiger partial charge is 0.226 e. The third-order valence-electron chi connectivity index (χ3n) is 6.36. The highest BCUT2D eigenvalue weighted by Gasteiger charge is 2.35. The van der Waals surface area contributed by atoms with Crippen molar-refractivity contribution < 1.29 is 9.18 Å². The number of thiophene rings is 1. The monoisotopic (exact) mass is 439 g/mol. The van der Waals surface area contributed by atoms with Crippen molar-refractivity contribution in [3.63, 3.8) is 0 Å². The quantitative estimate of drug-likeness (QED) is 0.641. The summed E-state index contributed by atoms with van der Waals surface area (Å²) in [6.07, 6.45) is 5.43. The Morgan fingerprint density at radius 3 is 2.71 bits per heavy atom. The summed E-state index contributed by atoms with van der Waals surface area (Å²) in [5.74, 6) is 0.303. The fraction of sp³-hybridized carbons (Fsp3) is 0.435. The number of anilines is 1. The largest absolute Gasteiger partial charge is 0.368 e. The molecular formula is C23H26FN5OS. The number of carbonyl (C=O) groups is 1. The number of nitrogens with two attached hydrogens (primary N) is 1. The van der Waals surface area contributed by atoms with E-state index in [4.69, 9.17) is 5.73 Å². The summed E-state index contributed by atoms with van der Waals surface area (Å²) >= 11 is 1.51. The second kappa shape index (κ2) is 8.51. The van der Waals surface area contributed by atoms with Crippen molar-refractivity contribution in [1.29, 1.82) is 0 Å². The molecule has 1 atom stereocenters. The van der Waals surface area contributed by atoms with E-state index in [0.717, 1.165) is 58.6 Å². The van der Waals surface area contributed by atoms with Crippen LogP contribution in [-0.2, 0) is 4.79 Å². The number of nitrogen functional groups attached to an aromatic ring is 1. The van der Waals surface area contributed by atoms with Crippen LogP contribution < -0.4 is 11.1 Å². The molecule has 1 unspecified atom stereocenters. The summed E-state index contributed by atoms with van der Waals surface area (Å²) in [6.45, 7) is 2.09. The number of piperazine rings is 1. The SMILES string of the molecule is Nc1nc(C2CNCCN2C(=O)C2CCCCC2)c2cc(-c3ccc(F)cc3)sc2n1. The second-order valence-corrected chi connectivity index (χ2v) is 9.42. The number of rotatable bonds is 3. The first-order valence-corrected chi connectivity index (χ1v) is 11.8. The van der Waals surface area contributed by atoms with Crippen LogP contribution in [0.15, 0.2) is 30.3 Å². The van der Waals surface area contributed by atoms with Crippen molar-refractivity contribution in [3.8, 4) is 10.4 Å². The Balaban J connectivity index is 1.54. The lowest BCUT2D eigenvalue weighted by Crippen LogP contribution is -2.51. The molecule has 2 aliphatic rings. The van der Waals surface area contributed by atoms with Crippen molar-refractivity contribution >= 4 is 33.4 Å². The average molecular weight is 440 g/mol. The predicted molar refractivity (Wildman–Crippen MR) is 121 cm³/mol. The lowest BCUT2D eigenvalue weighted by molar-refractivity contribution is -0.140. The van der Waals surface area contributed by atoms with Crippen LogP contribution in [0.25, 0.3) is 20.7 Å². The van der Waals surface area contributed by atoms with E-state index in [1.165, 1.54) is 29.9 Å². The molecule has 8 heteroatoms. The van der Waals surface area contributed by atoms with E-state index < -0.39 is 0 Å². The van der Waals surface area contributed by atoms with Crippen LogP contribution in [-0.4, -0.2) is 40.4 Å². The van der Waals surface area contributed by atoms with Crippen LogP contribution >= 0.6 is 11.3 Å². The van der Waals surface area contributed by atoms with E-state index in [-0.39, 0.29) is 29.6 Å². The first-order chi connectivity index (χ1) is 15.1. The number of nitrogens with one attached hydrogen (secondary N) is 1. The van der Waals surface area contributed by atoms with Gasteiger partial charge in [-0.1, -0.05) is 31.4 Å². The molecule has 1 amide bonds. The number of halogens is 1. The van der Waals surface area contributed by atoms with Gasteiger partial charge >= 0.3 is 0 Å². The highest BCUT2D eigenvalue weighted by atomic mass is 32.1. The Morgan fingerprint density at radius 2 is 1.94 bits per heavy atom. The summed E-state index contributed by atoms with van der Waals surface area (Å²) in [6, 6.07) is 8.30. The molecule has 3 heterocycles. The van der Waals surface area contributed by atoms with Crippen molar-refractivity contribution in [2.45, 2.75) is 38.1 Å². The van der Waals surface area contributed by atoms with E-state index in [0.29, 0.717) is 13.1 Å². The summed E-state index contributed by atoms with van der Waals surface area (Å²) in [4.78, 5) is 26.2. The van der Waals surface area contributed by atoms with Gasteiger partial charge in [-0.3, -0.25) is 4.79 Å². The standard InChI is InChI=1S/C23H26FN5OS/c24-16-8-6-14(7-9-16)19-12-17-20(27-23(25)28-21(17)31-19)18-13-26-10-11-29(18)22(30)15-4-2-1-3-5-15/h6-9,12,15,18,26H,1-5,10-11,13H2,(H2,25,27,28). The molecule has 0 bridgehead atoms. The minimum Gasteiger partial charge on any atom is -0.368 e. The van der Waals surface area contributed by atoms with Gasteiger partial charge in [-0.2, -0.15) is 0 Å². The zero-order valence-electron chi connectivity index (χ0n) is 17.3. The molecule has 2 aromatic heterocycles. The molecule has 2 fully saturated rings. The average Bonchev–Trinajstić information content (AvgIpc) is 3.23. The molecule has 162 valence electrons. The number of aromatic nitrogens is 2. The lowest BCUT2D eigenvalue weighted by atomic mass is 9.87. The Morgan fingerprint density at radius 1 is 1.16 bits per heavy atom. The van der Waals surface area contributed by atoms with Crippen molar-refractivity contribution in [1.82, 2.24) is 20.2 Å². The first kappa shape index (κ1) is 20.3. The fourth-order valence-corrected chi connectivity index (χ4v) is 5.82. The molecule has 3 aromatic rings. The Kier molecular flexibility index (Phi) is 5.58. The van der Waals surface area contributed by atoms with Crippen LogP contribution in [0.5, 0.6) is 0 Å². The summed E-state index contributed by atoms with van der Waals surface area (Å²) in [5.41, 5.74) is 7.79. The number of amides is 1. The van der Waals surface area contributed by atoms with Crippen LogP contribution in [0, 0.1) is 11.7 Å². The van der Waals surface area contributed by atoms with E-state index >= 15 is 0 Å². The minimum atomic E-state index is -0.264. The number of hydrogen-bond donors (Lipinski definition) is 2. The zero-order valence-corrected chi connectivity index (χ0v) is 18.1. The van der Waals surface area contributed by atoms with Gasteiger partial charge in [-0.05, 0) is 36.6 Å². The molecule has 1 aliphatic carbocycles. The molecular weight excluding hydrogens is 413 g/mol. The van der Waals surface area contributed by atoms with Crippen molar-refractivity contribution in [2.24, 2.45) is 5.92 Å². The minimum absolute atomic E-state index is 0.112. The van der Waals surface area contributed by atoms with Crippen LogP contribution in [0.3, 0.4) is 0 Å². The normalized spacial score (nSPS) is 20.3. The van der Waals surface area contributed by atoms with Crippen LogP contribution in [0.2, 0.25) is 0 Å². The second-order valence-electron chi connectivity index (χ2n) is 8.39. The summed E-state index contributed by atoms with van der Waals surface area (Å²) < 4.78 is 13.4. The number of nitrogens with zero attached hydrogens (tertiary/aromatic N) is 3. The molecule has 6 nitrogen and oxygen atoms in total. The van der Waals surface area contributed by atoms with Gasteiger partial charge in [-0.15, -0.1) is 11.3 Å². The van der Waals surface area contributed by atoms with Gasteiger partial charge < -0.3 is 16.0 Å². The maximum atomic E-state index is 13.4. The van der Waals surface area contributed by atoms with Gasteiger partial charge in [0, 0.05) is 35.8 Å². The van der Waals surface area contributed by atoms with E-state index in [1.807, 2.05) is 11.0 Å². The Labute approximate surface area is 184 Å². The van der Waals surface area contributed by atoms with Gasteiger partial charge in [-0.25, -0.2) is 14.4 Å². The van der Waals surface area contributed by atoms with Crippen LogP contribution in [0.1, 0.15) is 43.8 Å². The van der Waals surface area contributed by atoms with Gasteiger partial charge in [0.25, 0.3) is 0 Å². The Hall–Kier alpha value is -2.58. The van der Waals surface area contributed by atoms with E-state index in [1.54, 1.807) is 12.1 Å². The first-order valence-electron chi connectivity index (χ1n) is 10.9. The fourth-order valence-electron chi connectivity index (χ4n) is 4.77. The third-order valence-corrected chi connectivity index (χ3v) is 7.44. The predicted octanol–water partition coefficient (Wildman–Crippen LogP) is 4.13. The van der Waals surface area contributed by atoms with Crippen molar-refractivity contribution in [2.75, 3.05) is 25.4 Å². The van der Waals surface area contributed by atoms with Crippen LogP contribution in [0.4, 0.5) is 10.3 Å². The molecule has 1 aliphatic heterocycles. The summed E-state index contributed by atoms with van der Waals surface area (Å²) in [7, 11) is 0. The third kappa shape index (κ3) is 4.02. The number of benzene rings is 1. The highest BCUT2D eigenvalue weighted by molar-refractivity contribution is 7.21. The molecule has 1 saturated heterocycles. The van der Waals surface area contributed by atoms with Gasteiger partial charge in [0.15, 0.2) is 0 Å². The molecule has 31 heavy (non-hydrogen) atoms. The molecule has 3 N–H and O–H groups in total. The van der Waals surface area contributed by atoms with E-state index in [9.17, 15) is 9.18 Å². The van der Waals surface area contributed by atoms with Gasteiger partial charge in [0.1, 0.15) is 10.6 Å². The lowest BCUT2D eigenvalue weighted by Gasteiger charge is -2.38. The van der Waals surface area contributed by atoms with E-state index in [2.05, 4.69) is 15.3 Å². The maximum Gasteiger partial charge on any atom is 0.226 e. The molecule has 0 spiro atoms. The molecule has 5 rings (SSSR count). The Bertz CT molecular complexity index is 1090. The zero-order chi connectivity index (χ0) is 21.4. The van der Waals surface area contributed by atoms with Crippen molar-refractivity contribution in [3.05, 3.63) is 41.8 Å². The maximum absolute atomic E-state index is 13.4. The number of fused-ring (bicyclic) bond motifs is 1. The molecule has 0 radical (unpaired) electrons. The number of carbonyl (C=O) groups excluding carboxylic acids is 1. The van der Waals surface area contributed by atoms with Gasteiger partial charge in [0.2, 0.25) is 11.9 Å². The highest BCUT2D eigenvalue weighted by Crippen LogP contribution is 2.38. The molecule has 1 aromatic carbocycles. The topological polar surface area (TPSA) is 84.1 Å². The molecule has 1 saturated carbocycles. The van der Waals surface area contributed by atoms with Gasteiger partial charge in [0.05, 0.1) is 11.7 Å². The number of hydrogen-bond acceptors (Lipinski definition) is 6. The summed E-state index contributed by atoms with van der Waals surface area (Å²) in [5, 5.41) is 4.33.